The van der Waals surface area contributed by atoms with Gasteiger partial charge in [-0.1, -0.05) is 12.1 Å². The van der Waals surface area contributed by atoms with Gasteiger partial charge in [0.25, 0.3) is 0 Å². The summed E-state index contributed by atoms with van der Waals surface area (Å²) < 4.78 is 32.6. The number of carbonyl (C=O) groups is 1. The van der Waals surface area contributed by atoms with E-state index in [1.807, 2.05) is 0 Å². The maximum Gasteiger partial charge on any atom is 0.324 e. The lowest BCUT2D eigenvalue weighted by Crippen LogP contribution is -2.42. The quantitative estimate of drug-likeness (QED) is 0.594. The summed E-state index contributed by atoms with van der Waals surface area (Å²) >= 11 is 5.84. The van der Waals surface area contributed by atoms with Gasteiger partial charge in [0.05, 0.1) is 22.5 Å². The van der Waals surface area contributed by atoms with Gasteiger partial charge in [0.1, 0.15) is 11.6 Å². The molecule has 8 nitrogen and oxygen atoms in total. The second-order valence-electron chi connectivity index (χ2n) is 7.53. The number of esters is 1. The molecule has 0 spiro atoms. The molecule has 28 heavy (non-hydrogen) atoms. The van der Waals surface area contributed by atoms with Crippen LogP contribution in [0.1, 0.15) is 33.3 Å². The molecule has 0 unspecified atom stereocenters. The molecule has 0 saturated carbocycles. The van der Waals surface area contributed by atoms with Crippen LogP contribution >= 0.6 is 11.6 Å². The van der Waals surface area contributed by atoms with Crippen LogP contribution in [0, 0.1) is 0 Å². The van der Waals surface area contributed by atoms with E-state index < -0.39 is 27.6 Å². The maximum absolute atomic E-state index is 13.1. The summed E-state index contributed by atoms with van der Waals surface area (Å²) in [4.78, 5) is 20.4. The molecular weight excluding hydrogens is 404 g/mol. The number of ether oxygens (including phenoxy) is 1. The summed E-state index contributed by atoms with van der Waals surface area (Å²) in [5, 5.41) is 0.00716. The average Bonchev–Trinajstić information content (AvgIpc) is 2.85. The number of carbonyl (C=O) groups excluding carboxylic acids is 1. The van der Waals surface area contributed by atoms with Crippen molar-refractivity contribution in [2.75, 3.05) is 5.73 Å². The normalized spacial score (nSPS) is 17.2. The van der Waals surface area contributed by atoms with Gasteiger partial charge in [0, 0.05) is 12.1 Å². The minimum atomic E-state index is -3.88. The van der Waals surface area contributed by atoms with Crippen molar-refractivity contribution in [1.29, 1.82) is 0 Å². The average molecular weight is 425 g/mol. The van der Waals surface area contributed by atoms with Crippen LogP contribution in [0.25, 0.3) is 11.3 Å². The molecule has 1 aliphatic rings. The van der Waals surface area contributed by atoms with Crippen molar-refractivity contribution in [3.63, 3.8) is 0 Å². The number of fused-ring (bicyclic) bond motifs is 1. The van der Waals surface area contributed by atoms with Crippen LogP contribution in [0.3, 0.4) is 0 Å². The van der Waals surface area contributed by atoms with Crippen LogP contribution in [0.5, 0.6) is 0 Å². The number of rotatable bonds is 3. The first-order chi connectivity index (χ1) is 12.9. The van der Waals surface area contributed by atoms with Crippen LogP contribution in [-0.4, -0.2) is 40.3 Å². The molecule has 2 heterocycles. The van der Waals surface area contributed by atoms with Crippen LogP contribution in [0.2, 0.25) is 5.28 Å². The van der Waals surface area contributed by atoms with Gasteiger partial charge in [0.2, 0.25) is 15.3 Å². The highest BCUT2D eigenvalue weighted by Crippen LogP contribution is 2.36. The first-order valence-electron chi connectivity index (χ1n) is 8.56. The largest absolute Gasteiger partial charge is 0.459 e. The molecule has 2 aromatic rings. The lowest BCUT2D eigenvalue weighted by molar-refractivity contribution is -0.159. The number of hydrogen-bond acceptors (Lipinski definition) is 7. The Bertz CT molecular complexity index is 1050. The zero-order valence-corrected chi connectivity index (χ0v) is 17.5. The summed E-state index contributed by atoms with van der Waals surface area (Å²) in [6, 6.07) is 3.92. The fourth-order valence-corrected chi connectivity index (χ4v) is 4.84. The monoisotopic (exact) mass is 424 g/mol. The molecule has 0 radical (unpaired) electrons. The van der Waals surface area contributed by atoms with E-state index in [-0.39, 0.29) is 22.4 Å². The van der Waals surface area contributed by atoms with E-state index in [0.29, 0.717) is 16.8 Å². The third kappa shape index (κ3) is 3.82. The maximum atomic E-state index is 13.1. The van der Waals surface area contributed by atoms with E-state index in [4.69, 9.17) is 22.1 Å². The van der Waals surface area contributed by atoms with Crippen molar-refractivity contribution in [1.82, 2.24) is 14.3 Å². The number of hydrogen-bond donors (Lipinski definition) is 1. The van der Waals surface area contributed by atoms with Gasteiger partial charge in [-0.3, -0.25) is 4.79 Å². The van der Waals surface area contributed by atoms with Gasteiger partial charge in [-0.25, -0.2) is 18.4 Å². The molecule has 1 atom stereocenters. The van der Waals surface area contributed by atoms with E-state index in [2.05, 4.69) is 9.97 Å². The van der Waals surface area contributed by atoms with Gasteiger partial charge in [-0.2, -0.15) is 4.31 Å². The van der Waals surface area contributed by atoms with E-state index in [1.165, 1.54) is 19.2 Å². The zero-order valence-electron chi connectivity index (χ0n) is 15.9. The molecule has 1 aromatic carbocycles. The Kier molecular flexibility index (Phi) is 5.11. The zero-order chi connectivity index (χ0) is 20.9. The van der Waals surface area contributed by atoms with Gasteiger partial charge < -0.3 is 10.5 Å². The van der Waals surface area contributed by atoms with Gasteiger partial charge >= 0.3 is 5.97 Å². The second kappa shape index (κ2) is 6.98. The number of benzene rings is 1. The van der Waals surface area contributed by atoms with Crippen molar-refractivity contribution in [3.8, 4) is 11.3 Å². The smallest absolute Gasteiger partial charge is 0.324 e. The fourth-order valence-electron chi connectivity index (χ4n) is 2.90. The topological polar surface area (TPSA) is 115 Å². The highest BCUT2D eigenvalue weighted by Gasteiger charge is 2.41. The summed E-state index contributed by atoms with van der Waals surface area (Å²) in [7, 11) is -3.88. The van der Waals surface area contributed by atoms with E-state index in [9.17, 15) is 13.2 Å². The van der Waals surface area contributed by atoms with E-state index in [1.54, 1.807) is 32.9 Å². The van der Waals surface area contributed by atoms with Crippen molar-refractivity contribution >= 4 is 33.3 Å². The molecule has 10 heteroatoms. The molecule has 2 N–H and O–H groups in total. The van der Waals surface area contributed by atoms with Gasteiger partial charge in [0.15, 0.2) is 0 Å². The number of halogens is 1. The van der Waals surface area contributed by atoms with E-state index >= 15 is 0 Å². The summed E-state index contributed by atoms with van der Waals surface area (Å²) in [6.45, 7) is 6.79. The third-order valence-corrected chi connectivity index (χ3v) is 6.40. The van der Waals surface area contributed by atoms with Crippen molar-refractivity contribution in [2.45, 2.75) is 50.8 Å². The lowest BCUT2D eigenvalue weighted by Gasteiger charge is -2.26. The lowest BCUT2D eigenvalue weighted by atomic mass is 10.1. The highest BCUT2D eigenvalue weighted by atomic mass is 35.5. The van der Waals surface area contributed by atoms with E-state index in [0.717, 1.165) is 4.31 Å². The first kappa shape index (κ1) is 20.5. The number of nitrogens with zero attached hydrogens (tertiary/aromatic N) is 3. The number of sulfonamides is 1. The molecule has 1 aromatic heterocycles. The van der Waals surface area contributed by atoms with Crippen LogP contribution in [0.4, 0.5) is 5.69 Å². The number of aromatic nitrogens is 2. The predicted octanol–water partition coefficient (Wildman–Crippen LogP) is 2.61. The predicted molar refractivity (Wildman–Crippen MR) is 105 cm³/mol. The first-order valence-corrected chi connectivity index (χ1v) is 10.4. The number of nitrogen functional groups attached to an aromatic ring is 1. The minimum Gasteiger partial charge on any atom is -0.459 e. The Morgan fingerprint density at radius 1 is 1.36 bits per heavy atom. The molecule has 0 aliphatic carbocycles. The standard InChI is InChI=1S/C18H21ClN4O4S/c1-10(16(24)27-18(2,3)4)23-9-12-6-5-11(7-14(12)28(23,25)26)15-13(20)8-21-17(19)22-15/h5-8,10H,9,20H2,1-4H3/t10-/m1/s1. The molecular formula is C18H21ClN4O4S. The highest BCUT2D eigenvalue weighted by molar-refractivity contribution is 7.89. The molecule has 0 amide bonds. The Balaban J connectivity index is 1.97. The Morgan fingerprint density at radius 2 is 2.04 bits per heavy atom. The summed E-state index contributed by atoms with van der Waals surface area (Å²) in [6.07, 6.45) is 1.36. The molecule has 3 rings (SSSR count). The molecule has 0 fully saturated rings. The van der Waals surface area contributed by atoms with Crippen molar-refractivity contribution in [3.05, 3.63) is 35.2 Å². The van der Waals surface area contributed by atoms with Crippen LogP contribution < -0.4 is 5.73 Å². The van der Waals surface area contributed by atoms with Crippen molar-refractivity contribution in [2.24, 2.45) is 0 Å². The fraction of sp³-hybridized carbons (Fsp3) is 0.389. The van der Waals surface area contributed by atoms with Crippen LogP contribution in [-0.2, 0) is 26.1 Å². The molecule has 150 valence electrons. The van der Waals surface area contributed by atoms with Gasteiger partial charge in [-0.05, 0) is 50.9 Å². The summed E-state index contributed by atoms with van der Waals surface area (Å²) in [5.41, 5.74) is 6.89. The molecule has 1 aliphatic heterocycles. The van der Waals surface area contributed by atoms with Crippen LogP contribution in [0.15, 0.2) is 29.3 Å². The molecule has 0 bridgehead atoms. The Morgan fingerprint density at radius 3 is 2.68 bits per heavy atom. The number of nitrogens with two attached hydrogens (primary N) is 1. The summed E-state index contributed by atoms with van der Waals surface area (Å²) in [5.74, 6) is -0.601. The second-order valence-corrected chi connectivity index (χ2v) is 9.72. The SMILES string of the molecule is C[C@H](C(=O)OC(C)(C)C)N1Cc2ccc(-c3nc(Cl)ncc3N)cc2S1(=O)=O. The number of anilines is 1. The minimum absolute atomic E-state index is 0.00716. The molecule has 0 saturated heterocycles. The van der Waals surface area contributed by atoms with Crippen molar-refractivity contribution < 1.29 is 17.9 Å². The Labute approximate surface area is 168 Å². The third-order valence-electron chi connectivity index (χ3n) is 4.22. The Hall–Kier alpha value is -2.23. The van der Waals surface area contributed by atoms with Gasteiger partial charge in [-0.15, -0.1) is 0 Å².